The Labute approximate surface area is 151 Å². The van der Waals surface area contributed by atoms with E-state index >= 15 is 0 Å². The van der Waals surface area contributed by atoms with Crippen LogP contribution < -0.4 is 0 Å². The van der Waals surface area contributed by atoms with Crippen LogP contribution in [0.3, 0.4) is 0 Å². The summed E-state index contributed by atoms with van der Waals surface area (Å²) in [5.74, 6) is 0. The van der Waals surface area contributed by atoms with Crippen molar-refractivity contribution in [3.63, 3.8) is 0 Å². The molecule has 0 radical (unpaired) electrons. The van der Waals surface area contributed by atoms with E-state index in [2.05, 4.69) is 92.0 Å². The minimum absolute atomic E-state index is 0.0937. The molecule has 2 nitrogen and oxygen atoms in total. The van der Waals surface area contributed by atoms with Gasteiger partial charge in [-0.05, 0) is 47.4 Å². The molecule has 0 spiro atoms. The van der Waals surface area contributed by atoms with Crippen molar-refractivity contribution < 1.29 is 8.85 Å². The molecule has 1 aromatic rings. The molecule has 0 aromatic heterocycles. The van der Waals surface area contributed by atoms with Crippen molar-refractivity contribution in [1.82, 2.24) is 0 Å². The Morgan fingerprint density at radius 3 is 1.21 bits per heavy atom. The van der Waals surface area contributed by atoms with E-state index in [0.29, 0.717) is 0 Å². The normalized spacial score (nSPS) is 22.1. The lowest BCUT2D eigenvalue weighted by Gasteiger charge is -2.50. The SMILES string of the molecule is CC(C)(C)[Si](C)(C)OC1c2ccccc2C1O[Si](C)(C)C(C)(C)C. The molecule has 0 heterocycles. The quantitative estimate of drug-likeness (QED) is 0.545. The predicted octanol–water partition coefficient (Wildman–Crippen LogP) is 6.83. The van der Waals surface area contributed by atoms with Gasteiger partial charge in [0.2, 0.25) is 0 Å². The average Bonchev–Trinajstić information content (AvgIpc) is 2.40. The van der Waals surface area contributed by atoms with Crippen molar-refractivity contribution in [1.29, 1.82) is 0 Å². The Morgan fingerprint density at radius 2 is 0.958 bits per heavy atom. The zero-order valence-corrected chi connectivity index (χ0v) is 19.3. The Hall–Kier alpha value is -0.426. The number of benzene rings is 1. The molecule has 24 heavy (non-hydrogen) atoms. The van der Waals surface area contributed by atoms with E-state index < -0.39 is 16.6 Å². The largest absolute Gasteiger partial charge is 0.407 e. The van der Waals surface area contributed by atoms with Gasteiger partial charge in [-0.3, -0.25) is 0 Å². The fourth-order valence-corrected chi connectivity index (χ4v) is 4.98. The summed E-state index contributed by atoms with van der Waals surface area (Å²) in [7, 11) is -3.67. The molecule has 4 heteroatoms. The smallest absolute Gasteiger partial charge is 0.193 e. The number of hydrogen-bond acceptors (Lipinski definition) is 2. The lowest BCUT2D eigenvalue weighted by atomic mass is 9.83. The van der Waals surface area contributed by atoms with Crippen molar-refractivity contribution in [2.45, 2.75) is 90.0 Å². The third-order valence-corrected chi connectivity index (χ3v) is 15.3. The van der Waals surface area contributed by atoms with E-state index in [1.54, 1.807) is 0 Å². The molecule has 2 rings (SSSR count). The lowest BCUT2D eigenvalue weighted by Crippen LogP contribution is -2.49. The molecule has 1 aromatic carbocycles. The van der Waals surface area contributed by atoms with Crippen molar-refractivity contribution in [3.8, 4) is 0 Å². The van der Waals surface area contributed by atoms with Crippen molar-refractivity contribution in [2.75, 3.05) is 0 Å². The van der Waals surface area contributed by atoms with Gasteiger partial charge in [-0.1, -0.05) is 65.8 Å². The number of hydrogen-bond donors (Lipinski definition) is 0. The average molecular weight is 365 g/mol. The van der Waals surface area contributed by atoms with E-state index in [1.165, 1.54) is 11.1 Å². The van der Waals surface area contributed by atoms with Gasteiger partial charge in [0.05, 0.1) is 0 Å². The third-order valence-electron chi connectivity index (χ3n) is 6.34. The zero-order chi connectivity index (χ0) is 18.6. The highest BCUT2D eigenvalue weighted by atomic mass is 28.4. The topological polar surface area (TPSA) is 18.5 Å². The van der Waals surface area contributed by atoms with Gasteiger partial charge in [0, 0.05) is 0 Å². The Morgan fingerprint density at radius 1 is 0.667 bits per heavy atom. The molecule has 1 aliphatic carbocycles. The van der Waals surface area contributed by atoms with E-state index in [1.807, 2.05) is 0 Å². The molecule has 0 fully saturated rings. The summed E-state index contributed by atoms with van der Waals surface area (Å²) in [4.78, 5) is 0. The van der Waals surface area contributed by atoms with Crippen LogP contribution in [0.15, 0.2) is 24.3 Å². The summed E-state index contributed by atoms with van der Waals surface area (Å²) in [5.41, 5.74) is 2.65. The highest BCUT2D eigenvalue weighted by Gasteiger charge is 2.50. The van der Waals surface area contributed by atoms with Gasteiger partial charge < -0.3 is 8.85 Å². The van der Waals surface area contributed by atoms with E-state index in [0.717, 1.165) is 0 Å². The molecule has 0 amide bonds. The Bertz CT molecular complexity index is 541. The van der Waals surface area contributed by atoms with Crippen LogP contribution in [0.2, 0.25) is 36.3 Å². The maximum Gasteiger partial charge on any atom is 0.193 e. The van der Waals surface area contributed by atoms with Crippen molar-refractivity contribution in [2.24, 2.45) is 0 Å². The minimum Gasteiger partial charge on any atom is -0.407 e. The molecule has 0 saturated heterocycles. The van der Waals surface area contributed by atoms with Gasteiger partial charge in [-0.2, -0.15) is 0 Å². The maximum absolute atomic E-state index is 6.77. The second-order valence-electron chi connectivity index (χ2n) is 10.2. The highest BCUT2D eigenvalue weighted by molar-refractivity contribution is 6.74. The van der Waals surface area contributed by atoms with Gasteiger partial charge in [0.1, 0.15) is 12.2 Å². The summed E-state index contributed by atoms with van der Waals surface area (Å²) in [6.07, 6.45) is 0.187. The molecule has 2 unspecified atom stereocenters. The van der Waals surface area contributed by atoms with E-state index in [-0.39, 0.29) is 22.3 Å². The van der Waals surface area contributed by atoms with Gasteiger partial charge in [0.25, 0.3) is 0 Å². The van der Waals surface area contributed by atoms with Crippen LogP contribution in [0.5, 0.6) is 0 Å². The number of rotatable bonds is 4. The molecule has 0 aliphatic heterocycles. The van der Waals surface area contributed by atoms with Crippen LogP contribution in [0.25, 0.3) is 0 Å². The molecular weight excluding hydrogens is 328 g/mol. The van der Waals surface area contributed by atoms with Crippen LogP contribution in [-0.4, -0.2) is 16.6 Å². The summed E-state index contributed by atoms with van der Waals surface area (Å²) < 4.78 is 13.5. The number of fused-ring (bicyclic) bond motifs is 1. The van der Waals surface area contributed by atoms with Crippen LogP contribution in [0, 0.1) is 0 Å². The molecule has 136 valence electrons. The van der Waals surface area contributed by atoms with Crippen LogP contribution in [0.4, 0.5) is 0 Å². The molecule has 0 saturated carbocycles. The summed E-state index contributed by atoms with van der Waals surface area (Å²) in [6.45, 7) is 23.1. The first-order valence-corrected chi connectivity index (χ1v) is 14.9. The molecule has 0 N–H and O–H groups in total. The maximum atomic E-state index is 6.77. The first-order valence-electron chi connectivity index (χ1n) is 9.12. The first-order chi connectivity index (χ1) is 10.7. The second-order valence-corrected chi connectivity index (χ2v) is 19.7. The molecule has 0 bridgehead atoms. The van der Waals surface area contributed by atoms with Gasteiger partial charge in [0.15, 0.2) is 16.6 Å². The third kappa shape index (κ3) is 3.57. The Kier molecular flexibility index (Phi) is 5.04. The molecular formula is C20H36O2Si2. The summed E-state index contributed by atoms with van der Waals surface area (Å²) in [5, 5.41) is 0.415. The highest BCUT2D eigenvalue weighted by Crippen LogP contribution is 2.54. The summed E-state index contributed by atoms with van der Waals surface area (Å²) >= 11 is 0. The fraction of sp³-hybridized carbons (Fsp3) is 0.700. The Balaban J connectivity index is 2.30. The standard InChI is InChI=1S/C20H36O2Si2/c1-19(2,3)23(7,8)21-17-15-13-11-12-14-16(15)18(17)22-24(9,10)20(4,5)6/h11-14,17-18H,1-10H3. The van der Waals surface area contributed by atoms with Crippen molar-refractivity contribution >= 4 is 16.6 Å². The monoisotopic (exact) mass is 364 g/mol. The first kappa shape index (κ1) is 19.9. The molecule has 2 atom stereocenters. The van der Waals surface area contributed by atoms with Crippen LogP contribution in [0.1, 0.15) is 64.9 Å². The fourth-order valence-electron chi connectivity index (χ4n) is 2.50. The molecule has 1 aliphatic rings. The summed E-state index contributed by atoms with van der Waals surface area (Å²) in [6, 6.07) is 8.64. The zero-order valence-electron chi connectivity index (χ0n) is 17.3. The van der Waals surface area contributed by atoms with Gasteiger partial charge >= 0.3 is 0 Å². The van der Waals surface area contributed by atoms with Crippen LogP contribution in [-0.2, 0) is 8.85 Å². The minimum atomic E-state index is -1.83. The van der Waals surface area contributed by atoms with E-state index in [9.17, 15) is 0 Å². The lowest BCUT2D eigenvalue weighted by molar-refractivity contribution is 0.00403. The van der Waals surface area contributed by atoms with Gasteiger partial charge in [-0.15, -0.1) is 0 Å². The van der Waals surface area contributed by atoms with Gasteiger partial charge in [-0.25, -0.2) is 0 Å². The van der Waals surface area contributed by atoms with E-state index in [4.69, 9.17) is 8.85 Å². The van der Waals surface area contributed by atoms with Crippen molar-refractivity contribution in [3.05, 3.63) is 35.4 Å². The second kappa shape index (κ2) is 6.08. The predicted molar refractivity (Wildman–Crippen MR) is 108 cm³/mol. The van der Waals surface area contributed by atoms with Crippen LogP contribution >= 0.6 is 0 Å².